The Morgan fingerprint density at radius 1 is 1.00 bits per heavy atom. The van der Waals surface area contributed by atoms with Gasteiger partial charge in [-0.15, -0.1) is 13.2 Å². The van der Waals surface area contributed by atoms with E-state index in [9.17, 15) is 18.3 Å². The number of benzene rings is 2. The van der Waals surface area contributed by atoms with Crippen molar-refractivity contribution in [2.75, 3.05) is 0 Å². The molecule has 1 aromatic heterocycles. The molecule has 25 heavy (non-hydrogen) atoms. The molecule has 0 aliphatic carbocycles. The molecule has 0 aliphatic rings. The van der Waals surface area contributed by atoms with E-state index in [4.69, 9.17) is 4.42 Å². The maximum absolute atomic E-state index is 12.1. The first-order chi connectivity index (χ1) is 11.8. The number of ether oxygens (including phenoxy) is 1. The largest absolute Gasteiger partial charge is 0.573 e. The molecule has 6 heteroatoms. The van der Waals surface area contributed by atoms with Crippen molar-refractivity contribution in [1.82, 2.24) is 0 Å². The van der Waals surface area contributed by atoms with Gasteiger partial charge in [0.25, 0.3) is 0 Å². The number of alkyl halides is 3. The molecule has 0 amide bonds. The van der Waals surface area contributed by atoms with Gasteiger partial charge in [0, 0.05) is 5.39 Å². The Morgan fingerprint density at radius 3 is 2.28 bits per heavy atom. The van der Waals surface area contributed by atoms with Crippen LogP contribution in [0.4, 0.5) is 13.2 Å². The predicted molar refractivity (Wildman–Crippen MR) is 87.4 cm³/mol. The third kappa shape index (κ3) is 4.54. The number of hydrogen-bond donors (Lipinski definition) is 1. The van der Waals surface area contributed by atoms with Gasteiger partial charge < -0.3 is 14.3 Å². The Bertz CT molecular complexity index is 848. The van der Waals surface area contributed by atoms with Crippen LogP contribution in [0.25, 0.3) is 11.0 Å². The second kappa shape index (κ2) is 6.80. The minimum absolute atomic E-state index is 0.223. The summed E-state index contributed by atoms with van der Waals surface area (Å²) in [6, 6.07) is 13.5. The number of aryl methyl sites for hydroxylation is 2. The van der Waals surface area contributed by atoms with Crippen LogP contribution in [0.15, 0.2) is 52.9 Å². The van der Waals surface area contributed by atoms with E-state index in [0.717, 1.165) is 22.9 Å². The van der Waals surface area contributed by atoms with Crippen molar-refractivity contribution >= 4 is 11.0 Å². The quantitative estimate of drug-likeness (QED) is 0.690. The summed E-state index contributed by atoms with van der Waals surface area (Å²) in [5, 5.41) is 10.5. The lowest BCUT2D eigenvalue weighted by Crippen LogP contribution is -2.17. The number of aliphatic hydroxyl groups is 1. The number of halogens is 3. The van der Waals surface area contributed by atoms with Crippen molar-refractivity contribution in [3.8, 4) is 5.75 Å². The molecule has 0 spiro atoms. The molecular formula is C19H17F3O3. The Labute approximate surface area is 142 Å². The molecule has 0 radical (unpaired) electrons. The average Bonchev–Trinajstić information content (AvgIpc) is 2.96. The van der Waals surface area contributed by atoms with Gasteiger partial charge in [-0.25, -0.2) is 0 Å². The van der Waals surface area contributed by atoms with E-state index in [1.54, 1.807) is 19.1 Å². The van der Waals surface area contributed by atoms with Gasteiger partial charge in [-0.05, 0) is 55.2 Å². The van der Waals surface area contributed by atoms with Crippen LogP contribution >= 0.6 is 0 Å². The lowest BCUT2D eigenvalue weighted by Gasteiger charge is -2.09. The zero-order chi connectivity index (χ0) is 18.0. The first-order valence-corrected chi connectivity index (χ1v) is 7.85. The van der Waals surface area contributed by atoms with Crippen LogP contribution in [0, 0.1) is 0 Å². The van der Waals surface area contributed by atoms with E-state index in [2.05, 4.69) is 4.74 Å². The molecular weight excluding hydrogens is 333 g/mol. The SMILES string of the molecule is CC(O)c1cc2ccc(CCc3ccc(OC(F)(F)F)cc3)cc2o1. The second-order valence-corrected chi connectivity index (χ2v) is 5.89. The van der Waals surface area contributed by atoms with Crippen molar-refractivity contribution < 1.29 is 27.4 Å². The van der Waals surface area contributed by atoms with Crippen LogP contribution in [-0.2, 0) is 12.8 Å². The number of fused-ring (bicyclic) bond motifs is 1. The highest BCUT2D eigenvalue weighted by Crippen LogP contribution is 2.26. The smallest absolute Gasteiger partial charge is 0.458 e. The lowest BCUT2D eigenvalue weighted by atomic mass is 10.0. The molecule has 132 valence electrons. The zero-order valence-corrected chi connectivity index (χ0v) is 13.5. The third-order valence-corrected chi connectivity index (χ3v) is 3.87. The average molecular weight is 350 g/mol. The fourth-order valence-corrected chi connectivity index (χ4v) is 2.60. The van der Waals surface area contributed by atoms with Crippen LogP contribution in [-0.4, -0.2) is 11.5 Å². The summed E-state index contributed by atoms with van der Waals surface area (Å²) in [4.78, 5) is 0. The summed E-state index contributed by atoms with van der Waals surface area (Å²) in [6.45, 7) is 1.64. The topological polar surface area (TPSA) is 42.6 Å². The molecule has 1 unspecified atom stereocenters. The fourth-order valence-electron chi connectivity index (χ4n) is 2.60. The van der Waals surface area contributed by atoms with Crippen molar-refractivity contribution in [3.05, 3.63) is 65.4 Å². The van der Waals surface area contributed by atoms with Crippen LogP contribution in [0.1, 0.15) is 29.9 Å². The highest BCUT2D eigenvalue weighted by Gasteiger charge is 2.30. The molecule has 3 rings (SSSR count). The summed E-state index contributed by atoms with van der Waals surface area (Å²) >= 11 is 0. The summed E-state index contributed by atoms with van der Waals surface area (Å²) in [7, 11) is 0. The summed E-state index contributed by atoms with van der Waals surface area (Å²) in [5.41, 5.74) is 2.68. The molecule has 0 saturated heterocycles. The number of hydrogen-bond acceptors (Lipinski definition) is 3. The maximum Gasteiger partial charge on any atom is 0.573 e. The molecule has 1 heterocycles. The van der Waals surface area contributed by atoms with E-state index >= 15 is 0 Å². The zero-order valence-electron chi connectivity index (χ0n) is 13.5. The summed E-state index contributed by atoms with van der Waals surface area (Å²) in [5.74, 6) is 0.298. The Hall–Kier alpha value is -2.47. The van der Waals surface area contributed by atoms with Gasteiger partial charge in [-0.3, -0.25) is 0 Å². The molecule has 3 nitrogen and oxygen atoms in total. The van der Waals surface area contributed by atoms with Crippen molar-refractivity contribution in [2.45, 2.75) is 32.2 Å². The molecule has 0 bridgehead atoms. The van der Waals surface area contributed by atoms with Crippen molar-refractivity contribution in [3.63, 3.8) is 0 Å². The van der Waals surface area contributed by atoms with Gasteiger partial charge in [0.15, 0.2) is 0 Å². The van der Waals surface area contributed by atoms with Crippen LogP contribution in [0.2, 0.25) is 0 Å². The van der Waals surface area contributed by atoms with Crippen molar-refractivity contribution in [1.29, 1.82) is 0 Å². The summed E-state index contributed by atoms with van der Waals surface area (Å²) in [6.07, 6.45) is -3.93. The van der Waals surface area contributed by atoms with E-state index in [-0.39, 0.29) is 5.75 Å². The fraction of sp³-hybridized carbons (Fsp3) is 0.263. The minimum Gasteiger partial charge on any atom is -0.458 e. The van der Waals surface area contributed by atoms with E-state index in [1.807, 2.05) is 24.3 Å². The Kier molecular flexibility index (Phi) is 4.72. The second-order valence-electron chi connectivity index (χ2n) is 5.89. The molecule has 2 aromatic carbocycles. The Morgan fingerprint density at radius 2 is 1.64 bits per heavy atom. The molecule has 0 fully saturated rings. The normalized spacial score (nSPS) is 13.2. The van der Waals surface area contributed by atoms with Crippen LogP contribution in [0.5, 0.6) is 5.75 Å². The van der Waals surface area contributed by atoms with E-state index in [0.29, 0.717) is 17.8 Å². The number of furan rings is 1. The van der Waals surface area contributed by atoms with Gasteiger partial charge in [0.2, 0.25) is 0 Å². The van der Waals surface area contributed by atoms with E-state index < -0.39 is 12.5 Å². The monoisotopic (exact) mass is 350 g/mol. The molecule has 1 N–H and O–H groups in total. The molecule has 1 atom stereocenters. The molecule has 0 aliphatic heterocycles. The van der Waals surface area contributed by atoms with Crippen LogP contribution < -0.4 is 4.74 Å². The minimum atomic E-state index is -4.68. The molecule has 0 saturated carbocycles. The Balaban J connectivity index is 1.65. The van der Waals surface area contributed by atoms with Gasteiger partial charge in [-0.2, -0.15) is 0 Å². The number of aliphatic hydroxyl groups excluding tert-OH is 1. The van der Waals surface area contributed by atoms with Gasteiger partial charge >= 0.3 is 6.36 Å². The first-order valence-electron chi connectivity index (χ1n) is 7.85. The lowest BCUT2D eigenvalue weighted by molar-refractivity contribution is -0.274. The standard InChI is InChI=1S/C19H17F3O3/c1-12(23)17-11-15-7-4-14(10-18(15)24-17)3-2-13-5-8-16(9-6-13)25-19(20,21)22/h4-12,23H,2-3H2,1H3. The predicted octanol–water partition coefficient (Wildman–Crippen LogP) is 5.17. The third-order valence-electron chi connectivity index (χ3n) is 3.87. The van der Waals surface area contributed by atoms with Gasteiger partial charge in [-0.1, -0.05) is 24.3 Å². The number of rotatable bonds is 5. The van der Waals surface area contributed by atoms with E-state index in [1.165, 1.54) is 12.1 Å². The first kappa shape index (κ1) is 17.4. The van der Waals surface area contributed by atoms with Gasteiger partial charge in [0.05, 0.1) is 0 Å². The molecule has 3 aromatic rings. The summed E-state index contributed by atoms with van der Waals surface area (Å²) < 4.78 is 45.9. The highest BCUT2D eigenvalue weighted by atomic mass is 19.4. The highest BCUT2D eigenvalue weighted by molar-refractivity contribution is 5.78. The van der Waals surface area contributed by atoms with Crippen molar-refractivity contribution in [2.24, 2.45) is 0 Å². The maximum atomic E-state index is 12.1. The van der Waals surface area contributed by atoms with Crippen LogP contribution in [0.3, 0.4) is 0 Å². The van der Waals surface area contributed by atoms with Gasteiger partial charge in [0.1, 0.15) is 23.2 Å².